The summed E-state index contributed by atoms with van der Waals surface area (Å²) < 4.78 is 31.6. The van der Waals surface area contributed by atoms with Gasteiger partial charge in [-0.2, -0.15) is 13.4 Å². The Morgan fingerprint density at radius 3 is 1.65 bits per heavy atom. The minimum absolute atomic E-state index is 0. The van der Waals surface area contributed by atoms with Gasteiger partial charge in [-0.1, -0.05) is 89.6 Å². The second-order valence-electron chi connectivity index (χ2n) is 4.99. The largest absolute Gasteiger partial charge is 1.00 e. The topological polar surface area (TPSA) is 264 Å². The van der Waals surface area contributed by atoms with Gasteiger partial charge in [-0.3, -0.25) is 9.11 Å². The number of nitrogen functional groups attached to an aromatic ring is 1. The first kappa shape index (κ1) is 46.5. The van der Waals surface area contributed by atoms with Gasteiger partial charge in [0.25, 0.3) is 5.52 Å². The van der Waals surface area contributed by atoms with E-state index >= 15 is 0 Å². The van der Waals surface area contributed by atoms with Crippen LogP contribution in [-0.4, -0.2) is 42.8 Å². The molecule has 0 atom stereocenters. The van der Waals surface area contributed by atoms with Gasteiger partial charge >= 0.3 is 45.6 Å². The molecule has 0 aliphatic rings. The van der Waals surface area contributed by atoms with Gasteiger partial charge in [-0.25, -0.2) is 9.78 Å². The van der Waals surface area contributed by atoms with Crippen molar-refractivity contribution in [3.05, 3.63) is 74.3 Å². The van der Waals surface area contributed by atoms with E-state index in [1.54, 1.807) is 24.3 Å². The minimum Gasteiger partial charge on any atom is -0.595 e. The number of aromatic amines is 1. The number of nitrogens with two attached hydrogens (primary N) is 1. The molecule has 0 aliphatic heterocycles. The van der Waals surface area contributed by atoms with E-state index in [1.165, 1.54) is 0 Å². The number of nitrogens with zero attached hydrogens (tertiary/aromatic N) is 6. The van der Waals surface area contributed by atoms with Crippen LogP contribution in [0, 0.1) is 15.3 Å². The fourth-order valence-corrected chi connectivity index (χ4v) is 1.91. The monoisotopic (exact) mass is 596 g/mol. The molecule has 0 saturated heterocycles. The Labute approximate surface area is 255 Å². The quantitative estimate of drug-likeness (QED) is 0.0548. The smallest absolute Gasteiger partial charge is 0.595 e. The first-order chi connectivity index (χ1) is 18.5. The third kappa shape index (κ3) is 25.0. The molecule has 0 saturated carbocycles. The van der Waals surface area contributed by atoms with Crippen molar-refractivity contribution in [1.82, 2.24) is 25.3 Å². The summed E-state index contributed by atoms with van der Waals surface area (Å²) in [6, 6.07) is 14.1. The third-order valence-corrected chi connectivity index (χ3v) is 2.90. The Balaban J connectivity index is -0.000000134. The maximum absolute atomic E-state index is 11.0. The Hall–Kier alpha value is -3.35. The molecule has 4 aromatic rings. The van der Waals surface area contributed by atoms with Gasteiger partial charge in [0.2, 0.25) is 5.95 Å². The Morgan fingerprint density at radius 2 is 1.20 bits per heavy atom. The first-order valence-electron chi connectivity index (χ1n) is 11.6. The van der Waals surface area contributed by atoms with E-state index in [9.17, 15) is 10.0 Å². The summed E-state index contributed by atoms with van der Waals surface area (Å²) in [6.07, 6.45) is 0. The van der Waals surface area contributed by atoms with E-state index in [0.717, 1.165) is 16.4 Å². The van der Waals surface area contributed by atoms with Crippen LogP contribution in [0.1, 0.15) is 55.4 Å². The van der Waals surface area contributed by atoms with Crippen molar-refractivity contribution in [3.8, 4) is 0 Å². The fraction of sp³-hybridized carbons (Fsp3) is 0.364. The van der Waals surface area contributed by atoms with Crippen molar-refractivity contribution in [2.24, 2.45) is 5.34 Å². The zero-order chi connectivity index (χ0) is 31.4. The number of aromatic nitrogens is 6. The molecule has 0 amide bonds. The van der Waals surface area contributed by atoms with Crippen LogP contribution >= 0.6 is 0 Å². The zero-order valence-electron chi connectivity index (χ0n) is 24.1. The summed E-state index contributed by atoms with van der Waals surface area (Å²) in [5, 5.41) is 29.5. The van der Waals surface area contributed by atoms with Crippen LogP contribution in [0.15, 0.2) is 58.7 Å². The van der Waals surface area contributed by atoms with Crippen molar-refractivity contribution < 1.29 is 51.9 Å². The number of rotatable bonds is 0. The van der Waals surface area contributed by atoms with Crippen LogP contribution in [0.4, 0.5) is 5.95 Å². The van der Waals surface area contributed by atoms with Gasteiger partial charge in [-0.05, 0) is 18.2 Å². The van der Waals surface area contributed by atoms with Crippen molar-refractivity contribution in [2.75, 3.05) is 5.73 Å². The zero-order valence-corrected chi connectivity index (χ0v) is 26.9. The number of benzene rings is 2. The molecule has 4 rings (SSSR count). The molecule has 220 valence electrons. The summed E-state index contributed by atoms with van der Waals surface area (Å²) in [5.74, 6) is 0.212. The molecule has 18 heteroatoms. The predicted molar refractivity (Wildman–Crippen MR) is 152 cm³/mol. The molecule has 0 unspecified atom stereocenters. The molecule has 5 N–H and O–H groups in total. The fourth-order valence-electron chi connectivity index (χ4n) is 1.91. The number of hydrogen-bond acceptors (Lipinski definition) is 12. The van der Waals surface area contributed by atoms with Gasteiger partial charge in [0, 0.05) is 6.07 Å². The third-order valence-electron chi connectivity index (χ3n) is 2.90. The van der Waals surface area contributed by atoms with Crippen molar-refractivity contribution in [2.45, 2.75) is 55.4 Å². The molecule has 40 heavy (non-hydrogen) atoms. The average molecular weight is 597 g/mol. The van der Waals surface area contributed by atoms with E-state index in [4.69, 9.17) is 33.4 Å². The number of nitrogens with one attached hydrogen (secondary N) is 1. The van der Waals surface area contributed by atoms with Crippen LogP contribution in [0.3, 0.4) is 0 Å². The molecule has 0 spiro atoms. The van der Waals surface area contributed by atoms with Gasteiger partial charge in [0.05, 0.1) is 5.52 Å². The number of H-pyrrole nitrogens is 1. The Kier molecular flexibility index (Phi) is 35.1. The molecule has 2 aromatic heterocycles. The van der Waals surface area contributed by atoms with Gasteiger partial charge < -0.3 is 21.1 Å². The molecule has 0 bridgehead atoms. The van der Waals surface area contributed by atoms with Crippen LogP contribution in [-0.2, 0) is 10.4 Å². The Bertz CT molecular complexity index is 1320. The van der Waals surface area contributed by atoms with E-state index < -0.39 is 16.1 Å². The van der Waals surface area contributed by atoms with Gasteiger partial charge in [0.15, 0.2) is 0 Å². The van der Waals surface area contributed by atoms with Crippen molar-refractivity contribution in [3.63, 3.8) is 0 Å². The maximum atomic E-state index is 11.0. The first-order valence-corrected chi connectivity index (χ1v) is 13.0. The average Bonchev–Trinajstić information content (AvgIpc) is 2.93. The molecule has 0 radical (unpaired) electrons. The number of fused-ring (bicyclic) bond motifs is 2. The summed E-state index contributed by atoms with van der Waals surface area (Å²) in [4.78, 5) is 26.7. The SMILES string of the molecule is CC.CC.CC.CC.Nc1nnc2ccccc2n1.O=N[O-].O=S(=O)(O)O.O=c1nc2ccccc2[n+]([O-])[nH]1.[Na+]. The van der Waals surface area contributed by atoms with Gasteiger partial charge in [0.1, 0.15) is 11.0 Å². The van der Waals surface area contributed by atoms with Crippen molar-refractivity contribution >= 4 is 38.4 Å². The molecule has 0 fully saturated rings. The summed E-state index contributed by atoms with van der Waals surface area (Å²) in [7, 11) is -4.67. The number of hydrogen-bond donors (Lipinski definition) is 4. The van der Waals surface area contributed by atoms with E-state index in [0.29, 0.717) is 15.9 Å². The minimum atomic E-state index is -4.67. The van der Waals surface area contributed by atoms with Crippen LogP contribution in [0.2, 0.25) is 0 Å². The van der Waals surface area contributed by atoms with E-state index in [2.05, 4.69) is 20.2 Å². The summed E-state index contributed by atoms with van der Waals surface area (Å²) >= 11 is 0. The molecular formula is C22H37N8NaO8S. The van der Waals surface area contributed by atoms with Gasteiger partial charge in [-0.15, -0.1) is 15.5 Å². The van der Waals surface area contributed by atoms with E-state index in [1.807, 2.05) is 84.8 Å². The van der Waals surface area contributed by atoms with Crippen LogP contribution in [0.25, 0.3) is 22.1 Å². The molecule has 16 nitrogen and oxygen atoms in total. The van der Waals surface area contributed by atoms with Crippen LogP contribution < -0.4 is 45.8 Å². The molecular weight excluding hydrogens is 559 g/mol. The second kappa shape index (κ2) is 30.2. The summed E-state index contributed by atoms with van der Waals surface area (Å²) in [6.45, 7) is 16.0. The molecule has 2 heterocycles. The Morgan fingerprint density at radius 1 is 0.825 bits per heavy atom. The molecule has 0 aliphatic carbocycles. The van der Waals surface area contributed by atoms with Crippen LogP contribution in [0.5, 0.6) is 0 Å². The predicted octanol–water partition coefficient (Wildman–Crippen LogP) is 0.870. The standard InChI is InChI=1S/C7H6N4.C7H5N3O2.4C2H6.HNO2.Na.H2O4S/c8-7-9-5-3-1-2-4-6(5)10-11-7;11-7-8-5-3-1-2-4-6(5)10(12)9-7;4*1-2;2-1-3;;1-5(2,3)4/h1-4H,(H2,8,9,11);1-4H,(H,8,9,11);4*1-2H3;(H,2,3);;(H2,1,2,3,4)/q;;;;;;;+1;/p-1. The number of anilines is 1. The summed E-state index contributed by atoms with van der Waals surface area (Å²) in [5.41, 5.74) is 7.00. The van der Waals surface area contributed by atoms with E-state index in [-0.39, 0.29) is 35.5 Å². The molecule has 2 aromatic carbocycles. The maximum Gasteiger partial charge on any atom is 1.00 e. The number of para-hydroxylation sites is 3. The normalized spacial score (nSPS) is 8.25. The second-order valence-corrected chi connectivity index (χ2v) is 5.89. The van der Waals surface area contributed by atoms with Crippen molar-refractivity contribution in [1.29, 1.82) is 0 Å².